The van der Waals surface area contributed by atoms with Crippen LogP contribution in [-0.4, -0.2) is 25.1 Å². The van der Waals surface area contributed by atoms with Gasteiger partial charge in [-0.15, -0.1) is 0 Å². The SMILES string of the molecule is CCNCc1ccc(S(=O)(=O)NCc2cc(C)no2)nc1. The fraction of sp³-hybridized carbons (Fsp3) is 0.385. The van der Waals surface area contributed by atoms with Gasteiger partial charge in [0.2, 0.25) is 0 Å². The molecule has 2 aromatic rings. The summed E-state index contributed by atoms with van der Waals surface area (Å²) in [7, 11) is -3.66. The van der Waals surface area contributed by atoms with Gasteiger partial charge < -0.3 is 9.84 Å². The van der Waals surface area contributed by atoms with Gasteiger partial charge in [0.15, 0.2) is 10.8 Å². The van der Waals surface area contributed by atoms with Crippen molar-refractivity contribution in [2.75, 3.05) is 6.54 Å². The normalized spacial score (nSPS) is 11.7. The van der Waals surface area contributed by atoms with Crippen molar-refractivity contribution in [1.82, 2.24) is 20.2 Å². The molecular weight excluding hydrogens is 292 g/mol. The zero-order chi connectivity index (χ0) is 15.3. The van der Waals surface area contributed by atoms with Crippen molar-refractivity contribution in [3.63, 3.8) is 0 Å². The number of hydrogen-bond donors (Lipinski definition) is 2. The van der Waals surface area contributed by atoms with Crippen LogP contribution in [0.25, 0.3) is 0 Å². The molecule has 0 saturated heterocycles. The van der Waals surface area contributed by atoms with Gasteiger partial charge >= 0.3 is 0 Å². The standard InChI is InChI=1S/C13H18N4O3S/c1-3-14-7-11-4-5-13(15-8-11)21(18,19)16-9-12-6-10(2)17-20-12/h4-6,8,14,16H,3,7,9H2,1-2H3. The smallest absolute Gasteiger partial charge is 0.258 e. The third-order valence-corrected chi connectivity index (χ3v) is 4.08. The molecule has 0 atom stereocenters. The lowest BCUT2D eigenvalue weighted by Gasteiger charge is -2.06. The Balaban J connectivity index is 2.01. The van der Waals surface area contributed by atoms with Crippen molar-refractivity contribution in [3.8, 4) is 0 Å². The van der Waals surface area contributed by atoms with Crippen molar-refractivity contribution < 1.29 is 12.9 Å². The molecule has 2 aromatic heterocycles. The highest BCUT2D eigenvalue weighted by atomic mass is 32.2. The van der Waals surface area contributed by atoms with Crippen molar-refractivity contribution in [2.24, 2.45) is 0 Å². The van der Waals surface area contributed by atoms with E-state index < -0.39 is 10.0 Å². The Morgan fingerprint density at radius 3 is 2.67 bits per heavy atom. The van der Waals surface area contributed by atoms with Crippen LogP contribution in [0.15, 0.2) is 33.9 Å². The first-order valence-corrected chi connectivity index (χ1v) is 8.07. The van der Waals surface area contributed by atoms with E-state index >= 15 is 0 Å². The molecule has 0 amide bonds. The van der Waals surface area contributed by atoms with Crippen LogP contribution in [0.5, 0.6) is 0 Å². The lowest BCUT2D eigenvalue weighted by molar-refractivity contribution is 0.377. The number of aromatic nitrogens is 2. The Hall–Kier alpha value is -1.77. The molecule has 2 heterocycles. The molecule has 0 aliphatic carbocycles. The third-order valence-electron chi connectivity index (χ3n) is 2.77. The molecule has 2 N–H and O–H groups in total. The largest absolute Gasteiger partial charge is 0.360 e. The maximum atomic E-state index is 12.1. The summed E-state index contributed by atoms with van der Waals surface area (Å²) in [6.07, 6.45) is 1.55. The van der Waals surface area contributed by atoms with E-state index in [0.717, 1.165) is 12.1 Å². The molecule has 2 rings (SSSR count). The lowest BCUT2D eigenvalue weighted by Crippen LogP contribution is -2.24. The van der Waals surface area contributed by atoms with Gasteiger partial charge in [-0.3, -0.25) is 0 Å². The van der Waals surface area contributed by atoms with Gasteiger partial charge in [-0.05, 0) is 25.1 Å². The minimum atomic E-state index is -3.66. The third kappa shape index (κ3) is 4.35. The molecule has 21 heavy (non-hydrogen) atoms. The monoisotopic (exact) mass is 310 g/mol. The van der Waals surface area contributed by atoms with Crippen LogP contribution in [0, 0.1) is 6.92 Å². The maximum absolute atomic E-state index is 12.1. The molecule has 0 radical (unpaired) electrons. The Bertz CT molecular complexity index is 680. The molecule has 114 valence electrons. The van der Waals surface area contributed by atoms with Crippen LogP contribution >= 0.6 is 0 Å². The van der Waals surface area contributed by atoms with E-state index in [9.17, 15) is 8.42 Å². The molecule has 0 saturated carbocycles. The van der Waals surface area contributed by atoms with E-state index in [0.29, 0.717) is 18.0 Å². The molecule has 8 heteroatoms. The summed E-state index contributed by atoms with van der Waals surface area (Å²) in [5.74, 6) is 0.458. The fourth-order valence-corrected chi connectivity index (χ4v) is 2.60. The summed E-state index contributed by atoms with van der Waals surface area (Å²) in [6, 6.07) is 4.90. The first-order valence-electron chi connectivity index (χ1n) is 6.59. The molecular formula is C13H18N4O3S. The van der Waals surface area contributed by atoms with Crippen molar-refractivity contribution in [2.45, 2.75) is 32.0 Å². The zero-order valence-corrected chi connectivity index (χ0v) is 12.8. The topological polar surface area (TPSA) is 97.1 Å². The minimum absolute atomic E-state index is 0.0148. The first kappa shape index (κ1) is 15.6. The van der Waals surface area contributed by atoms with E-state index in [2.05, 4.69) is 20.2 Å². The quantitative estimate of drug-likeness (QED) is 0.791. The highest BCUT2D eigenvalue weighted by Gasteiger charge is 2.16. The summed E-state index contributed by atoms with van der Waals surface area (Å²) >= 11 is 0. The van der Waals surface area contributed by atoms with Gasteiger partial charge in [-0.25, -0.2) is 18.1 Å². The molecule has 7 nitrogen and oxygen atoms in total. The highest BCUT2D eigenvalue weighted by Crippen LogP contribution is 2.08. The summed E-state index contributed by atoms with van der Waals surface area (Å²) in [5, 5.41) is 6.83. The Morgan fingerprint density at radius 2 is 2.10 bits per heavy atom. The Labute approximate surface area is 123 Å². The molecule has 0 unspecified atom stereocenters. The van der Waals surface area contributed by atoms with Crippen LogP contribution < -0.4 is 10.0 Å². The average molecular weight is 310 g/mol. The van der Waals surface area contributed by atoms with Crippen LogP contribution in [0.3, 0.4) is 0 Å². The van der Waals surface area contributed by atoms with Crippen molar-refractivity contribution >= 4 is 10.0 Å². The van der Waals surface area contributed by atoms with Gasteiger partial charge in [0.25, 0.3) is 10.0 Å². The summed E-state index contributed by atoms with van der Waals surface area (Å²) < 4.78 is 31.6. The van der Waals surface area contributed by atoms with E-state index in [1.54, 1.807) is 25.3 Å². The van der Waals surface area contributed by atoms with Crippen LogP contribution in [-0.2, 0) is 23.1 Å². The number of aryl methyl sites for hydroxylation is 1. The summed E-state index contributed by atoms with van der Waals surface area (Å²) in [6.45, 7) is 5.32. The molecule has 0 aromatic carbocycles. The Kier molecular flexibility index (Phi) is 5.05. The highest BCUT2D eigenvalue weighted by molar-refractivity contribution is 7.89. The number of sulfonamides is 1. The predicted octanol–water partition coefficient (Wildman–Crippen LogP) is 0.966. The molecule has 0 aliphatic rings. The van der Waals surface area contributed by atoms with Crippen LogP contribution in [0.4, 0.5) is 0 Å². The van der Waals surface area contributed by atoms with Crippen molar-refractivity contribution in [1.29, 1.82) is 0 Å². The van der Waals surface area contributed by atoms with E-state index in [-0.39, 0.29) is 11.6 Å². The number of nitrogens with one attached hydrogen (secondary N) is 2. The number of pyridine rings is 1. The Morgan fingerprint density at radius 1 is 1.29 bits per heavy atom. The molecule has 0 bridgehead atoms. The zero-order valence-electron chi connectivity index (χ0n) is 12.0. The van der Waals surface area contributed by atoms with Gasteiger partial charge in [-0.2, -0.15) is 0 Å². The molecule has 0 fully saturated rings. The predicted molar refractivity (Wildman–Crippen MR) is 76.9 cm³/mol. The van der Waals surface area contributed by atoms with E-state index in [1.807, 2.05) is 6.92 Å². The van der Waals surface area contributed by atoms with Crippen molar-refractivity contribution in [3.05, 3.63) is 41.4 Å². The van der Waals surface area contributed by atoms with Gasteiger partial charge in [0.1, 0.15) is 0 Å². The van der Waals surface area contributed by atoms with Gasteiger partial charge in [0.05, 0.1) is 12.2 Å². The minimum Gasteiger partial charge on any atom is -0.360 e. The summed E-state index contributed by atoms with van der Waals surface area (Å²) in [5.41, 5.74) is 1.64. The summed E-state index contributed by atoms with van der Waals surface area (Å²) in [4.78, 5) is 3.98. The number of nitrogens with zero attached hydrogens (tertiary/aromatic N) is 2. The van der Waals surface area contributed by atoms with Gasteiger partial charge in [-0.1, -0.05) is 18.1 Å². The first-order chi connectivity index (χ1) is 10.0. The van der Waals surface area contributed by atoms with Crippen LogP contribution in [0.1, 0.15) is 23.9 Å². The van der Waals surface area contributed by atoms with E-state index in [4.69, 9.17) is 4.52 Å². The fourth-order valence-electron chi connectivity index (χ4n) is 1.68. The molecule has 0 aliphatic heterocycles. The molecule has 0 spiro atoms. The number of hydrogen-bond acceptors (Lipinski definition) is 6. The lowest BCUT2D eigenvalue weighted by atomic mass is 10.3. The second-order valence-electron chi connectivity index (χ2n) is 4.54. The number of rotatable bonds is 7. The maximum Gasteiger partial charge on any atom is 0.258 e. The second kappa shape index (κ2) is 6.79. The van der Waals surface area contributed by atoms with Crippen LogP contribution in [0.2, 0.25) is 0 Å². The second-order valence-corrected chi connectivity index (χ2v) is 6.26. The van der Waals surface area contributed by atoms with E-state index in [1.165, 1.54) is 6.07 Å². The van der Waals surface area contributed by atoms with Gasteiger partial charge in [0, 0.05) is 18.8 Å². The average Bonchev–Trinajstić information content (AvgIpc) is 2.89.